The van der Waals surface area contributed by atoms with Crippen LogP contribution < -0.4 is 15.4 Å². The summed E-state index contributed by atoms with van der Waals surface area (Å²) in [6.45, 7) is 4.23. The van der Waals surface area contributed by atoms with Crippen molar-refractivity contribution in [3.8, 4) is 0 Å². The van der Waals surface area contributed by atoms with Crippen LogP contribution in [-0.4, -0.2) is 46.9 Å². The molecule has 7 nitrogen and oxygen atoms in total. The van der Waals surface area contributed by atoms with Crippen molar-refractivity contribution < 1.29 is 0 Å². The zero-order valence-corrected chi connectivity index (χ0v) is 13.1. The van der Waals surface area contributed by atoms with Gasteiger partial charge in [-0.25, -0.2) is 9.67 Å². The third-order valence-corrected chi connectivity index (χ3v) is 3.76. The van der Waals surface area contributed by atoms with Crippen LogP contribution in [0.2, 0.25) is 0 Å². The van der Waals surface area contributed by atoms with Gasteiger partial charge >= 0.3 is 0 Å². The summed E-state index contributed by atoms with van der Waals surface area (Å²) in [5.74, 6) is 2.04. The zero-order chi connectivity index (χ0) is 15.7. The first kappa shape index (κ1) is 14.5. The lowest BCUT2D eigenvalue weighted by molar-refractivity contribution is 0.330. The first-order valence-electron chi connectivity index (χ1n) is 7.33. The van der Waals surface area contributed by atoms with Gasteiger partial charge < -0.3 is 9.80 Å². The van der Waals surface area contributed by atoms with E-state index in [2.05, 4.69) is 20.0 Å². The molecule has 0 saturated carbocycles. The fourth-order valence-corrected chi connectivity index (χ4v) is 2.52. The maximum absolute atomic E-state index is 11.8. The van der Waals surface area contributed by atoms with Crippen molar-refractivity contribution in [2.24, 2.45) is 5.92 Å². The van der Waals surface area contributed by atoms with Crippen molar-refractivity contribution in [3.63, 3.8) is 0 Å². The highest BCUT2D eigenvalue weighted by Gasteiger charge is 2.29. The van der Waals surface area contributed by atoms with Crippen molar-refractivity contribution in [2.45, 2.75) is 13.5 Å². The Balaban J connectivity index is 1.63. The van der Waals surface area contributed by atoms with Gasteiger partial charge in [-0.2, -0.15) is 10.1 Å². The van der Waals surface area contributed by atoms with Gasteiger partial charge in [0.15, 0.2) is 0 Å². The lowest BCUT2D eigenvalue weighted by atomic mass is 10.0. The summed E-state index contributed by atoms with van der Waals surface area (Å²) in [6, 6.07) is 5.20. The maximum Gasteiger partial charge on any atom is 0.266 e. The van der Waals surface area contributed by atoms with Gasteiger partial charge in [0.25, 0.3) is 5.56 Å². The molecule has 0 unspecified atom stereocenters. The smallest absolute Gasteiger partial charge is 0.266 e. The summed E-state index contributed by atoms with van der Waals surface area (Å²) in [4.78, 5) is 24.7. The van der Waals surface area contributed by atoms with Gasteiger partial charge in [-0.1, -0.05) is 0 Å². The molecule has 2 aromatic heterocycles. The number of hydrogen-bond donors (Lipinski definition) is 0. The van der Waals surface area contributed by atoms with Crippen LogP contribution in [0, 0.1) is 12.8 Å². The molecular weight excluding hydrogens is 280 g/mol. The van der Waals surface area contributed by atoms with Crippen molar-refractivity contribution in [1.82, 2.24) is 19.7 Å². The second-order valence-electron chi connectivity index (χ2n) is 5.88. The standard InChI is InChI=1S/C15H20N6O/c1-11-4-5-14(22)21(18-11)10-12-8-20(9-12)15-16-7-6-13(17-15)19(2)3/h4-7,12H,8-10H2,1-3H3. The van der Waals surface area contributed by atoms with E-state index in [4.69, 9.17) is 0 Å². The predicted octanol–water partition coefficient (Wildman–Crippen LogP) is 0.544. The Morgan fingerprint density at radius 2 is 2.05 bits per heavy atom. The summed E-state index contributed by atoms with van der Waals surface area (Å²) in [5, 5.41) is 4.28. The molecule has 0 aliphatic carbocycles. The molecule has 0 bridgehead atoms. The number of anilines is 2. The van der Waals surface area contributed by atoms with Gasteiger partial charge in [0.1, 0.15) is 5.82 Å². The molecule has 1 aliphatic rings. The van der Waals surface area contributed by atoms with E-state index in [0.717, 1.165) is 30.5 Å². The first-order valence-corrected chi connectivity index (χ1v) is 7.33. The summed E-state index contributed by atoms with van der Waals surface area (Å²) in [6.07, 6.45) is 1.78. The molecule has 1 saturated heterocycles. The number of rotatable bonds is 4. The topological polar surface area (TPSA) is 67.2 Å². The van der Waals surface area contributed by atoms with Crippen LogP contribution in [0.1, 0.15) is 5.69 Å². The molecule has 0 atom stereocenters. The fourth-order valence-electron chi connectivity index (χ4n) is 2.52. The van der Waals surface area contributed by atoms with E-state index < -0.39 is 0 Å². The van der Waals surface area contributed by atoms with Crippen LogP contribution in [-0.2, 0) is 6.54 Å². The largest absolute Gasteiger partial charge is 0.363 e. The molecule has 0 amide bonds. The van der Waals surface area contributed by atoms with Crippen molar-refractivity contribution in [2.75, 3.05) is 37.0 Å². The average molecular weight is 300 g/mol. The van der Waals surface area contributed by atoms with E-state index in [1.54, 1.807) is 23.0 Å². The average Bonchev–Trinajstić information content (AvgIpc) is 2.46. The Hall–Kier alpha value is -2.44. The van der Waals surface area contributed by atoms with E-state index in [-0.39, 0.29) is 5.56 Å². The molecule has 3 heterocycles. The Labute approximate surface area is 129 Å². The van der Waals surface area contributed by atoms with Gasteiger partial charge in [0.05, 0.1) is 12.2 Å². The predicted molar refractivity (Wildman–Crippen MR) is 85.3 cm³/mol. The summed E-state index contributed by atoms with van der Waals surface area (Å²) in [7, 11) is 3.92. The van der Waals surface area contributed by atoms with Crippen LogP contribution in [0.5, 0.6) is 0 Å². The van der Waals surface area contributed by atoms with E-state index in [0.29, 0.717) is 12.5 Å². The highest BCUT2D eigenvalue weighted by Crippen LogP contribution is 2.23. The highest BCUT2D eigenvalue weighted by molar-refractivity contribution is 5.43. The van der Waals surface area contributed by atoms with Gasteiger partial charge in [0.2, 0.25) is 5.95 Å². The van der Waals surface area contributed by atoms with Gasteiger partial charge in [-0.3, -0.25) is 4.79 Å². The number of hydrogen-bond acceptors (Lipinski definition) is 6. The zero-order valence-electron chi connectivity index (χ0n) is 13.1. The van der Waals surface area contributed by atoms with Gasteiger partial charge in [0, 0.05) is 45.4 Å². The van der Waals surface area contributed by atoms with E-state index in [1.807, 2.05) is 32.0 Å². The molecule has 2 aromatic rings. The van der Waals surface area contributed by atoms with E-state index >= 15 is 0 Å². The van der Waals surface area contributed by atoms with Crippen molar-refractivity contribution in [3.05, 3.63) is 40.4 Å². The molecular formula is C15H20N6O. The van der Waals surface area contributed by atoms with Crippen LogP contribution in [0.25, 0.3) is 0 Å². The second kappa shape index (κ2) is 5.75. The highest BCUT2D eigenvalue weighted by atomic mass is 16.1. The minimum atomic E-state index is -0.0464. The third-order valence-electron chi connectivity index (χ3n) is 3.76. The second-order valence-corrected chi connectivity index (χ2v) is 5.88. The van der Waals surface area contributed by atoms with Gasteiger partial charge in [-0.15, -0.1) is 0 Å². The van der Waals surface area contributed by atoms with Crippen LogP contribution in [0.4, 0.5) is 11.8 Å². The van der Waals surface area contributed by atoms with Crippen LogP contribution >= 0.6 is 0 Å². The Bertz CT molecular complexity index is 720. The molecule has 116 valence electrons. The van der Waals surface area contributed by atoms with Crippen LogP contribution in [0.15, 0.2) is 29.2 Å². The van der Waals surface area contributed by atoms with Crippen molar-refractivity contribution >= 4 is 11.8 Å². The summed E-state index contributed by atoms with van der Waals surface area (Å²) >= 11 is 0. The maximum atomic E-state index is 11.8. The number of aromatic nitrogens is 4. The molecule has 1 aliphatic heterocycles. The lowest BCUT2D eigenvalue weighted by Gasteiger charge is -2.39. The minimum Gasteiger partial charge on any atom is -0.363 e. The molecule has 0 aromatic carbocycles. The Morgan fingerprint density at radius 3 is 2.77 bits per heavy atom. The van der Waals surface area contributed by atoms with E-state index in [9.17, 15) is 4.79 Å². The molecule has 0 spiro atoms. The molecule has 3 rings (SSSR count). The molecule has 22 heavy (non-hydrogen) atoms. The number of nitrogens with zero attached hydrogens (tertiary/aromatic N) is 6. The lowest BCUT2D eigenvalue weighted by Crippen LogP contribution is -2.50. The Kier molecular flexibility index (Phi) is 3.79. The van der Waals surface area contributed by atoms with Crippen molar-refractivity contribution in [1.29, 1.82) is 0 Å². The Morgan fingerprint density at radius 1 is 1.27 bits per heavy atom. The molecule has 1 fully saturated rings. The SMILES string of the molecule is Cc1ccc(=O)n(CC2CN(c3nccc(N(C)C)n3)C2)n1. The summed E-state index contributed by atoms with van der Waals surface area (Å²) < 4.78 is 1.55. The normalized spacial score (nSPS) is 14.8. The fraction of sp³-hybridized carbons (Fsp3) is 0.467. The monoisotopic (exact) mass is 300 g/mol. The van der Waals surface area contributed by atoms with E-state index in [1.165, 1.54) is 0 Å². The quantitative estimate of drug-likeness (QED) is 0.821. The van der Waals surface area contributed by atoms with Crippen LogP contribution in [0.3, 0.4) is 0 Å². The third kappa shape index (κ3) is 2.93. The minimum absolute atomic E-state index is 0.0464. The molecule has 7 heteroatoms. The number of aryl methyl sites for hydroxylation is 1. The summed E-state index contributed by atoms with van der Waals surface area (Å²) in [5.41, 5.74) is 0.813. The molecule has 0 N–H and O–H groups in total. The molecule has 0 radical (unpaired) electrons. The van der Waals surface area contributed by atoms with Gasteiger partial charge in [-0.05, 0) is 19.1 Å². The first-order chi connectivity index (χ1) is 10.5.